The van der Waals surface area contributed by atoms with E-state index in [-0.39, 0.29) is 24.9 Å². The number of nitrogens with zero attached hydrogens (tertiary/aromatic N) is 5. The molecule has 11 heteroatoms. The zero-order valence-corrected chi connectivity index (χ0v) is 18.7. The van der Waals surface area contributed by atoms with Crippen LogP contribution in [0.3, 0.4) is 0 Å². The average Bonchev–Trinajstić information content (AvgIpc) is 3.23. The van der Waals surface area contributed by atoms with Crippen LogP contribution in [0.25, 0.3) is 11.1 Å². The number of anilines is 2. The summed E-state index contributed by atoms with van der Waals surface area (Å²) in [6.45, 7) is 7.59. The molecule has 1 N–H and O–H groups in total. The highest BCUT2D eigenvalue weighted by Gasteiger charge is 2.32. The second-order valence-corrected chi connectivity index (χ2v) is 8.01. The van der Waals surface area contributed by atoms with Crippen LogP contribution in [0, 0.1) is 5.82 Å². The van der Waals surface area contributed by atoms with Crippen LogP contribution in [0.5, 0.6) is 0 Å². The van der Waals surface area contributed by atoms with Gasteiger partial charge in [-0.15, -0.1) is 0 Å². The van der Waals surface area contributed by atoms with Crippen molar-refractivity contribution in [2.24, 2.45) is 0 Å². The molecule has 1 aromatic carbocycles. The summed E-state index contributed by atoms with van der Waals surface area (Å²) >= 11 is 0. The Bertz CT molecular complexity index is 1100. The summed E-state index contributed by atoms with van der Waals surface area (Å²) in [6, 6.07) is 4.46. The molecule has 1 aromatic heterocycles. The molecule has 3 heterocycles. The molecule has 0 radical (unpaired) electrons. The summed E-state index contributed by atoms with van der Waals surface area (Å²) in [7, 11) is 0. The molecule has 0 spiro atoms. The second kappa shape index (κ2) is 9.86. The summed E-state index contributed by atoms with van der Waals surface area (Å²) in [5.41, 5.74) is 1.17. The minimum Gasteiger partial charge on any atom is -0.442 e. The molecule has 1 atom stereocenters. The zero-order chi connectivity index (χ0) is 24.2. The van der Waals surface area contributed by atoms with Crippen molar-refractivity contribution in [3.05, 3.63) is 49.1 Å². The molecule has 2 aliphatic rings. The third-order valence-electron chi connectivity index (χ3n) is 5.72. The maximum atomic E-state index is 14.9. The average molecular weight is 468 g/mol. The van der Waals surface area contributed by atoms with Gasteiger partial charge in [0.2, 0.25) is 17.8 Å². The molecule has 2 aromatic rings. The molecule has 0 bridgehead atoms. The standard InChI is InChI=1S/C23H25FN6O4/c1-3-21(32)28-6-8-29(9-7-28)22-26-11-16(12-27-22)19-5-4-17(10-20(19)24)30-14-18(34-23(30)33)13-25-15(2)31/h3-5,10-12,18H,1,6-9,13-14H2,2H3,(H,25,31)/t18-/m0/s1. The van der Waals surface area contributed by atoms with E-state index in [0.717, 1.165) is 0 Å². The second-order valence-electron chi connectivity index (χ2n) is 8.01. The smallest absolute Gasteiger partial charge is 0.414 e. The molecular weight excluding hydrogens is 443 g/mol. The van der Waals surface area contributed by atoms with Gasteiger partial charge in [-0.05, 0) is 24.3 Å². The first-order valence-electron chi connectivity index (χ1n) is 10.9. The van der Waals surface area contributed by atoms with E-state index in [2.05, 4.69) is 21.9 Å². The first-order valence-corrected chi connectivity index (χ1v) is 10.9. The minimum absolute atomic E-state index is 0.0970. The molecule has 2 aliphatic heterocycles. The minimum atomic E-state index is -0.593. The van der Waals surface area contributed by atoms with Crippen molar-refractivity contribution >= 4 is 29.5 Å². The summed E-state index contributed by atoms with van der Waals surface area (Å²) in [4.78, 5) is 48.7. The Labute approximate surface area is 196 Å². The fourth-order valence-corrected chi connectivity index (χ4v) is 3.88. The molecule has 0 saturated carbocycles. The fourth-order valence-electron chi connectivity index (χ4n) is 3.88. The molecule has 0 unspecified atom stereocenters. The largest absolute Gasteiger partial charge is 0.442 e. The Kier molecular flexibility index (Phi) is 6.71. The SMILES string of the molecule is C=CC(=O)N1CCN(c2ncc(-c3ccc(N4C[C@H](CNC(C)=O)OC4=O)cc3F)cn2)CC1. The van der Waals surface area contributed by atoms with Crippen LogP contribution in [0.4, 0.5) is 20.8 Å². The molecule has 34 heavy (non-hydrogen) atoms. The molecule has 4 rings (SSSR count). The molecule has 2 fully saturated rings. The summed E-state index contributed by atoms with van der Waals surface area (Å²) < 4.78 is 20.2. The van der Waals surface area contributed by atoms with Crippen molar-refractivity contribution < 1.29 is 23.5 Å². The van der Waals surface area contributed by atoms with Gasteiger partial charge in [0.25, 0.3) is 0 Å². The number of halogens is 1. The Morgan fingerprint density at radius 2 is 1.94 bits per heavy atom. The Morgan fingerprint density at radius 3 is 2.56 bits per heavy atom. The summed E-state index contributed by atoms with van der Waals surface area (Å²) in [5, 5.41) is 2.60. The number of hydrogen-bond acceptors (Lipinski definition) is 7. The molecule has 178 valence electrons. The van der Waals surface area contributed by atoms with Crippen LogP contribution in [-0.4, -0.2) is 78.1 Å². The maximum absolute atomic E-state index is 14.9. The highest BCUT2D eigenvalue weighted by atomic mass is 19.1. The van der Waals surface area contributed by atoms with Gasteiger partial charge in [-0.3, -0.25) is 14.5 Å². The van der Waals surface area contributed by atoms with Gasteiger partial charge in [-0.1, -0.05) is 6.58 Å². The van der Waals surface area contributed by atoms with E-state index < -0.39 is 18.0 Å². The van der Waals surface area contributed by atoms with Gasteiger partial charge in [-0.25, -0.2) is 19.2 Å². The number of carbonyl (C=O) groups excluding carboxylic acids is 3. The van der Waals surface area contributed by atoms with Crippen LogP contribution in [-0.2, 0) is 14.3 Å². The van der Waals surface area contributed by atoms with Gasteiger partial charge in [0.05, 0.1) is 18.8 Å². The Hall–Kier alpha value is -4.02. The first-order chi connectivity index (χ1) is 16.4. The number of hydrogen-bond donors (Lipinski definition) is 1. The lowest BCUT2D eigenvalue weighted by atomic mass is 10.1. The van der Waals surface area contributed by atoms with E-state index in [9.17, 15) is 18.8 Å². The van der Waals surface area contributed by atoms with Crippen LogP contribution in [0.15, 0.2) is 43.2 Å². The molecule has 0 aliphatic carbocycles. The normalized spacial score (nSPS) is 18.0. The summed E-state index contributed by atoms with van der Waals surface area (Å²) in [5.74, 6) is -0.330. The lowest BCUT2D eigenvalue weighted by Crippen LogP contribution is -2.48. The highest BCUT2D eigenvalue weighted by molar-refractivity contribution is 5.90. The van der Waals surface area contributed by atoms with Crippen molar-refractivity contribution in [2.45, 2.75) is 13.0 Å². The van der Waals surface area contributed by atoms with Gasteiger partial charge < -0.3 is 19.9 Å². The van der Waals surface area contributed by atoms with Gasteiger partial charge in [-0.2, -0.15) is 0 Å². The number of amides is 3. The van der Waals surface area contributed by atoms with Gasteiger partial charge in [0.15, 0.2) is 0 Å². The third-order valence-corrected chi connectivity index (χ3v) is 5.72. The number of piperazine rings is 1. The van der Waals surface area contributed by atoms with Crippen molar-refractivity contribution in [2.75, 3.05) is 49.1 Å². The summed E-state index contributed by atoms with van der Waals surface area (Å²) in [6.07, 6.45) is 3.31. The van der Waals surface area contributed by atoms with Crippen LogP contribution >= 0.6 is 0 Å². The highest BCUT2D eigenvalue weighted by Crippen LogP contribution is 2.29. The molecule has 2 saturated heterocycles. The van der Waals surface area contributed by atoms with E-state index in [1.54, 1.807) is 29.4 Å². The fraction of sp³-hybridized carbons (Fsp3) is 0.348. The Balaban J connectivity index is 1.41. The van der Waals surface area contributed by atoms with E-state index in [1.165, 1.54) is 24.0 Å². The van der Waals surface area contributed by atoms with Gasteiger partial charge in [0, 0.05) is 56.6 Å². The van der Waals surface area contributed by atoms with Gasteiger partial charge in [0.1, 0.15) is 11.9 Å². The zero-order valence-electron chi connectivity index (χ0n) is 18.7. The lowest BCUT2D eigenvalue weighted by Gasteiger charge is -2.34. The van der Waals surface area contributed by atoms with Crippen molar-refractivity contribution in [3.63, 3.8) is 0 Å². The number of rotatable bonds is 6. The number of cyclic esters (lactones) is 1. The monoisotopic (exact) mass is 468 g/mol. The number of ether oxygens (including phenoxy) is 1. The van der Waals surface area contributed by atoms with E-state index >= 15 is 0 Å². The number of nitrogens with one attached hydrogen (secondary N) is 1. The van der Waals surface area contributed by atoms with Crippen LogP contribution in [0.2, 0.25) is 0 Å². The van der Waals surface area contributed by atoms with Gasteiger partial charge >= 0.3 is 6.09 Å². The molecule has 10 nitrogen and oxygen atoms in total. The predicted octanol–water partition coefficient (Wildman–Crippen LogP) is 1.58. The molecular formula is C23H25FN6O4. The van der Waals surface area contributed by atoms with Crippen molar-refractivity contribution in [3.8, 4) is 11.1 Å². The predicted molar refractivity (Wildman–Crippen MR) is 123 cm³/mol. The third kappa shape index (κ3) is 4.98. The van der Waals surface area contributed by atoms with Crippen molar-refractivity contribution in [1.82, 2.24) is 20.2 Å². The van der Waals surface area contributed by atoms with Crippen molar-refractivity contribution in [1.29, 1.82) is 0 Å². The molecule has 3 amide bonds. The van der Waals surface area contributed by atoms with E-state index in [4.69, 9.17) is 4.74 Å². The van der Waals surface area contributed by atoms with E-state index in [1.807, 2.05) is 4.90 Å². The van der Waals surface area contributed by atoms with Crippen LogP contribution < -0.4 is 15.1 Å². The first kappa shape index (κ1) is 23.1. The number of carbonyl (C=O) groups is 3. The lowest BCUT2D eigenvalue weighted by molar-refractivity contribution is -0.126. The Morgan fingerprint density at radius 1 is 1.24 bits per heavy atom. The van der Waals surface area contributed by atoms with Crippen LogP contribution in [0.1, 0.15) is 6.92 Å². The van der Waals surface area contributed by atoms with E-state index in [0.29, 0.717) is 48.9 Å². The maximum Gasteiger partial charge on any atom is 0.414 e. The quantitative estimate of drug-likeness (QED) is 0.642. The number of benzene rings is 1. The topological polar surface area (TPSA) is 108 Å². The number of aromatic nitrogens is 2.